The number of pyridine rings is 1. The second-order valence-electron chi connectivity index (χ2n) is 10.7. The van der Waals surface area contributed by atoms with E-state index in [1.165, 1.54) is 6.20 Å². The highest BCUT2D eigenvalue weighted by Gasteiger charge is 2.33. The minimum absolute atomic E-state index is 0.0720. The predicted octanol–water partition coefficient (Wildman–Crippen LogP) is 5.16. The Morgan fingerprint density at radius 2 is 1.70 bits per heavy atom. The fourth-order valence-electron chi connectivity index (χ4n) is 5.45. The van der Waals surface area contributed by atoms with Crippen LogP contribution >= 0.6 is 0 Å². The molecule has 1 aliphatic heterocycles. The van der Waals surface area contributed by atoms with Gasteiger partial charge in [0.1, 0.15) is 11.2 Å². The molecule has 4 aromatic heterocycles. The molecule has 1 saturated heterocycles. The third-order valence-electron chi connectivity index (χ3n) is 7.73. The van der Waals surface area contributed by atoms with E-state index < -0.39 is 18.9 Å². The Labute approximate surface area is 262 Å². The highest BCUT2D eigenvalue weighted by atomic mass is 19.4. The van der Waals surface area contributed by atoms with Crippen LogP contribution in [-0.2, 0) is 6.30 Å². The molecule has 0 N–H and O–H groups in total. The maximum atomic E-state index is 13.5. The SMILES string of the molecule is O=C(c1cc(-c2nc3cc(-c4cnn(C(F)(F)F)c4)ccc3o2)ccn1)N1CCN([C@H](c2ccccc2)c2nnn(C(F)F)n2)CC1. The number of alkyl halides is 5. The lowest BCUT2D eigenvalue weighted by molar-refractivity contribution is -0.212. The van der Waals surface area contributed by atoms with Crippen molar-refractivity contribution < 1.29 is 31.2 Å². The Kier molecular flexibility index (Phi) is 7.67. The minimum atomic E-state index is -4.63. The van der Waals surface area contributed by atoms with Crippen LogP contribution in [0, 0.1) is 0 Å². The van der Waals surface area contributed by atoms with Crippen LogP contribution in [-0.4, -0.2) is 81.8 Å². The first-order chi connectivity index (χ1) is 22.6. The summed E-state index contributed by atoms with van der Waals surface area (Å²) in [5.41, 5.74) is 3.01. The van der Waals surface area contributed by atoms with Crippen LogP contribution in [0.15, 0.2) is 83.7 Å². The molecule has 0 saturated carbocycles. The number of hydrogen-bond acceptors (Lipinski definition) is 9. The molecule has 1 atom stereocenters. The van der Waals surface area contributed by atoms with Gasteiger partial charge in [0.05, 0.1) is 12.2 Å². The van der Waals surface area contributed by atoms with Crippen LogP contribution in [0.3, 0.4) is 0 Å². The Balaban J connectivity index is 1.07. The summed E-state index contributed by atoms with van der Waals surface area (Å²) < 4.78 is 71.1. The van der Waals surface area contributed by atoms with E-state index in [-0.39, 0.29) is 38.4 Å². The average Bonchev–Trinajstić information content (AvgIpc) is 3.85. The first kappa shape index (κ1) is 30.1. The summed E-state index contributed by atoms with van der Waals surface area (Å²) in [5.74, 6) is 0.0246. The highest BCUT2D eigenvalue weighted by Crippen LogP contribution is 2.31. The molecule has 1 aliphatic rings. The van der Waals surface area contributed by atoms with E-state index in [4.69, 9.17) is 4.42 Å². The number of halogens is 5. The monoisotopic (exact) mass is 650 g/mol. The van der Waals surface area contributed by atoms with Crippen LogP contribution in [0.4, 0.5) is 22.0 Å². The number of aromatic nitrogens is 8. The van der Waals surface area contributed by atoms with Crippen molar-refractivity contribution in [2.24, 2.45) is 0 Å². The van der Waals surface area contributed by atoms with Gasteiger partial charge in [0.25, 0.3) is 5.91 Å². The van der Waals surface area contributed by atoms with Gasteiger partial charge in [0.2, 0.25) is 5.89 Å². The first-order valence-electron chi connectivity index (χ1n) is 14.3. The number of carbonyl (C=O) groups is 1. The molecule has 17 heteroatoms. The average molecular weight is 651 g/mol. The normalized spacial score (nSPS) is 15.1. The number of amides is 1. The smallest absolute Gasteiger partial charge is 0.436 e. The van der Waals surface area contributed by atoms with Crippen molar-refractivity contribution in [3.63, 3.8) is 0 Å². The number of piperazine rings is 1. The van der Waals surface area contributed by atoms with Gasteiger partial charge in [0.15, 0.2) is 11.4 Å². The quantitative estimate of drug-likeness (QED) is 0.216. The lowest BCUT2D eigenvalue weighted by atomic mass is 10.0. The lowest BCUT2D eigenvalue weighted by Gasteiger charge is -2.38. The molecule has 12 nitrogen and oxygen atoms in total. The second kappa shape index (κ2) is 12.0. The molecular weight excluding hydrogens is 627 g/mol. The summed E-state index contributed by atoms with van der Waals surface area (Å²) in [6.45, 7) is -1.45. The zero-order valence-corrected chi connectivity index (χ0v) is 24.2. The summed E-state index contributed by atoms with van der Waals surface area (Å²) >= 11 is 0. The largest absolute Gasteiger partial charge is 0.504 e. The number of nitrogens with zero attached hydrogens (tertiary/aromatic N) is 10. The third-order valence-corrected chi connectivity index (χ3v) is 7.73. The van der Waals surface area contributed by atoms with E-state index in [0.29, 0.717) is 48.4 Å². The van der Waals surface area contributed by atoms with Gasteiger partial charge in [-0.15, -0.1) is 23.4 Å². The van der Waals surface area contributed by atoms with Crippen molar-refractivity contribution >= 4 is 17.0 Å². The van der Waals surface area contributed by atoms with E-state index in [0.717, 1.165) is 18.0 Å². The van der Waals surface area contributed by atoms with Crippen molar-refractivity contribution in [1.29, 1.82) is 0 Å². The van der Waals surface area contributed by atoms with Crippen molar-refractivity contribution in [3.05, 3.63) is 96.3 Å². The first-order valence-corrected chi connectivity index (χ1v) is 14.3. The van der Waals surface area contributed by atoms with Gasteiger partial charge in [-0.25, -0.2) is 4.98 Å². The number of rotatable bonds is 7. The molecule has 0 unspecified atom stereocenters. The number of hydrogen-bond donors (Lipinski definition) is 0. The number of benzene rings is 2. The van der Waals surface area contributed by atoms with Crippen LogP contribution in [0.5, 0.6) is 0 Å². The maximum absolute atomic E-state index is 13.5. The van der Waals surface area contributed by atoms with E-state index >= 15 is 0 Å². The zero-order valence-electron chi connectivity index (χ0n) is 24.2. The standard InChI is InChI=1S/C30H23F5N10O2/c31-29(32)45-40-26(39-41-45)25(18-4-2-1-3-5-18)42-10-12-43(13-11-42)28(46)23-15-20(8-9-36-23)27-38-22-14-19(6-7-24(22)47-27)21-16-37-44(17-21)30(33,34)35/h1-9,14-17,25,29H,10-13H2/t25-/m1/s1. The van der Waals surface area contributed by atoms with E-state index in [1.807, 2.05) is 35.2 Å². The fraction of sp³-hybridized carbons (Fsp3) is 0.233. The summed E-state index contributed by atoms with van der Waals surface area (Å²) in [7, 11) is 0. The molecule has 7 rings (SSSR count). The summed E-state index contributed by atoms with van der Waals surface area (Å²) in [4.78, 5) is 26.2. The Bertz CT molecular complexity index is 2030. The van der Waals surface area contributed by atoms with Gasteiger partial charge in [-0.1, -0.05) is 41.2 Å². The summed E-state index contributed by atoms with van der Waals surface area (Å²) in [6, 6.07) is 16.7. The van der Waals surface area contributed by atoms with Crippen LogP contribution in [0.25, 0.3) is 33.7 Å². The molecule has 5 heterocycles. The van der Waals surface area contributed by atoms with Crippen LogP contribution < -0.4 is 0 Å². The maximum Gasteiger partial charge on any atom is 0.504 e. The van der Waals surface area contributed by atoms with Gasteiger partial charge >= 0.3 is 12.8 Å². The molecular formula is C30H23F5N10O2. The Morgan fingerprint density at radius 1 is 0.915 bits per heavy atom. The van der Waals surface area contributed by atoms with Crippen LogP contribution in [0.2, 0.25) is 0 Å². The fourth-order valence-corrected chi connectivity index (χ4v) is 5.45. The molecule has 0 spiro atoms. The summed E-state index contributed by atoms with van der Waals surface area (Å²) in [5, 5.41) is 14.6. The lowest BCUT2D eigenvalue weighted by Crippen LogP contribution is -2.50. The molecule has 240 valence electrons. The molecule has 0 bridgehead atoms. The summed E-state index contributed by atoms with van der Waals surface area (Å²) in [6.07, 6.45) is -1.16. The van der Waals surface area contributed by atoms with E-state index in [1.54, 1.807) is 35.2 Å². The second-order valence-corrected chi connectivity index (χ2v) is 10.7. The van der Waals surface area contributed by atoms with Gasteiger partial charge in [0, 0.05) is 49.7 Å². The number of carbonyl (C=O) groups excluding carboxylic acids is 1. The number of oxazole rings is 1. The minimum Gasteiger partial charge on any atom is -0.436 e. The topological polar surface area (TPSA) is 124 Å². The van der Waals surface area contributed by atoms with Gasteiger partial charge in [-0.3, -0.25) is 14.7 Å². The zero-order chi connectivity index (χ0) is 32.7. The van der Waals surface area contributed by atoms with Crippen molar-refractivity contribution in [1.82, 2.24) is 49.8 Å². The Hall–Kier alpha value is -5.58. The van der Waals surface area contributed by atoms with Crippen molar-refractivity contribution in [3.8, 4) is 22.6 Å². The molecule has 2 aromatic carbocycles. The third kappa shape index (κ3) is 6.04. The van der Waals surface area contributed by atoms with Gasteiger partial charge in [-0.05, 0) is 40.6 Å². The molecule has 47 heavy (non-hydrogen) atoms. The number of fused-ring (bicyclic) bond motifs is 1. The van der Waals surface area contributed by atoms with Crippen molar-refractivity contribution in [2.75, 3.05) is 26.2 Å². The van der Waals surface area contributed by atoms with Gasteiger partial charge in [-0.2, -0.15) is 18.6 Å². The molecule has 0 aliphatic carbocycles. The Morgan fingerprint density at radius 3 is 2.40 bits per heavy atom. The van der Waals surface area contributed by atoms with E-state index in [2.05, 4.69) is 30.5 Å². The molecule has 0 radical (unpaired) electrons. The van der Waals surface area contributed by atoms with Crippen LogP contribution in [0.1, 0.15) is 34.5 Å². The highest BCUT2D eigenvalue weighted by molar-refractivity contribution is 5.93. The van der Waals surface area contributed by atoms with E-state index in [9.17, 15) is 26.7 Å². The predicted molar refractivity (Wildman–Crippen MR) is 155 cm³/mol. The molecule has 6 aromatic rings. The molecule has 1 fully saturated rings. The van der Waals surface area contributed by atoms with Gasteiger partial charge < -0.3 is 9.32 Å². The van der Waals surface area contributed by atoms with Crippen molar-refractivity contribution in [2.45, 2.75) is 18.9 Å². The number of tetrazole rings is 1. The molecule has 1 amide bonds.